The molecule has 142 valence electrons. The topological polar surface area (TPSA) is 102 Å². The number of nitrogens with one attached hydrogen (secondary N) is 1. The van der Waals surface area contributed by atoms with Crippen LogP contribution in [0.1, 0.15) is 41.9 Å². The maximum absolute atomic E-state index is 13.8. The molecule has 3 rings (SSSR count). The summed E-state index contributed by atoms with van der Waals surface area (Å²) >= 11 is 5.68. The van der Waals surface area contributed by atoms with E-state index in [2.05, 4.69) is 15.3 Å². The van der Waals surface area contributed by atoms with E-state index in [1.165, 1.54) is 30.6 Å². The van der Waals surface area contributed by atoms with E-state index in [-0.39, 0.29) is 34.9 Å². The van der Waals surface area contributed by atoms with Gasteiger partial charge < -0.3 is 5.32 Å². The number of amides is 1. The van der Waals surface area contributed by atoms with Gasteiger partial charge in [0.05, 0.1) is 29.4 Å². The average molecular weight is 402 g/mol. The highest BCUT2D eigenvalue weighted by Gasteiger charge is 2.45. The molecule has 28 heavy (non-hydrogen) atoms. The molecule has 1 heterocycles. The second-order valence-electron chi connectivity index (χ2n) is 6.58. The van der Waals surface area contributed by atoms with Crippen LogP contribution in [-0.4, -0.2) is 21.8 Å². The van der Waals surface area contributed by atoms with Crippen LogP contribution >= 0.6 is 11.6 Å². The number of nitrogens with zero attached hydrogens (tertiary/aromatic N) is 4. The number of alkyl halides is 2. The predicted octanol–water partition coefficient (Wildman–Crippen LogP) is 4.03. The first-order valence-electron chi connectivity index (χ1n) is 8.43. The smallest absolute Gasteiger partial charge is 0.248 e. The average Bonchev–Trinajstić information content (AvgIpc) is 3.03. The summed E-state index contributed by atoms with van der Waals surface area (Å²) < 4.78 is 27.6. The van der Waals surface area contributed by atoms with Crippen LogP contribution in [0.25, 0.3) is 0 Å². The Labute approximate surface area is 164 Å². The first-order valence-corrected chi connectivity index (χ1v) is 8.81. The molecule has 0 radical (unpaired) electrons. The number of carbonyl (C=O) groups excluding carboxylic acids is 1. The zero-order valence-electron chi connectivity index (χ0n) is 14.5. The van der Waals surface area contributed by atoms with Gasteiger partial charge in [0.1, 0.15) is 17.3 Å². The molecule has 0 saturated heterocycles. The van der Waals surface area contributed by atoms with E-state index in [9.17, 15) is 18.8 Å². The maximum atomic E-state index is 13.8. The van der Waals surface area contributed by atoms with E-state index in [0.717, 1.165) is 0 Å². The zero-order chi connectivity index (χ0) is 20.3. The number of halogens is 3. The largest absolute Gasteiger partial charge is 0.309 e. The summed E-state index contributed by atoms with van der Waals surface area (Å²) in [4.78, 5) is 20.7. The van der Waals surface area contributed by atoms with Crippen LogP contribution in [0.15, 0.2) is 30.6 Å². The molecule has 1 amide bonds. The SMILES string of the molecule is N#Cc1ccc([C@@H](C(=O)Nc2cnc(Cl)cn2)[C@H]2CCC(F)(F)C2)cc1C#N. The molecule has 1 saturated carbocycles. The molecular weight excluding hydrogens is 388 g/mol. The van der Waals surface area contributed by atoms with Gasteiger partial charge in [0.15, 0.2) is 5.82 Å². The lowest BCUT2D eigenvalue weighted by atomic mass is 9.83. The van der Waals surface area contributed by atoms with Gasteiger partial charge in [0.2, 0.25) is 11.8 Å². The molecule has 2 aromatic rings. The lowest BCUT2D eigenvalue weighted by molar-refractivity contribution is -0.118. The number of aromatic nitrogens is 2. The normalized spacial score (nSPS) is 18.7. The highest BCUT2D eigenvalue weighted by molar-refractivity contribution is 6.29. The molecular formula is C19H14ClF2N5O. The monoisotopic (exact) mass is 401 g/mol. The molecule has 1 aromatic carbocycles. The van der Waals surface area contributed by atoms with Crippen LogP contribution < -0.4 is 5.32 Å². The summed E-state index contributed by atoms with van der Waals surface area (Å²) in [5.74, 6) is -4.78. The van der Waals surface area contributed by atoms with Crippen LogP contribution in [0.4, 0.5) is 14.6 Å². The van der Waals surface area contributed by atoms with E-state index in [1.54, 1.807) is 0 Å². The van der Waals surface area contributed by atoms with Crippen molar-refractivity contribution in [2.24, 2.45) is 5.92 Å². The van der Waals surface area contributed by atoms with Crippen LogP contribution in [-0.2, 0) is 4.79 Å². The molecule has 0 bridgehead atoms. The predicted molar refractivity (Wildman–Crippen MR) is 96.6 cm³/mol. The first-order chi connectivity index (χ1) is 13.3. The fourth-order valence-electron chi connectivity index (χ4n) is 3.43. The number of nitriles is 2. The Kier molecular flexibility index (Phi) is 5.53. The zero-order valence-corrected chi connectivity index (χ0v) is 15.2. The Morgan fingerprint density at radius 1 is 1.25 bits per heavy atom. The van der Waals surface area contributed by atoms with Crippen LogP contribution in [0, 0.1) is 28.6 Å². The van der Waals surface area contributed by atoms with Crippen molar-refractivity contribution in [2.75, 3.05) is 5.32 Å². The molecule has 0 aliphatic heterocycles. The fraction of sp³-hybridized carbons (Fsp3) is 0.316. The second kappa shape index (κ2) is 7.87. The Hall–Kier alpha value is -3.10. The molecule has 1 N–H and O–H groups in total. The minimum absolute atomic E-state index is 0.0915. The summed E-state index contributed by atoms with van der Waals surface area (Å²) in [6, 6.07) is 8.15. The molecule has 1 aliphatic carbocycles. The third-order valence-corrected chi connectivity index (χ3v) is 4.91. The summed E-state index contributed by atoms with van der Waals surface area (Å²) in [5, 5.41) is 21.1. The maximum Gasteiger partial charge on any atom is 0.248 e. The third-order valence-electron chi connectivity index (χ3n) is 4.71. The van der Waals surface area contributed by atoms with Crippen molar-refractivity contribution in [3.8, 4) is 12.1 Å². The van der Waals surface area contributed by atoms with Crippen LogP contribution in [0.2, 0.25) is 5.15 Å². The van der Waals surface area contributed by atoms with Crippen molar-refractivity contribution in [3.05, 3.63) is 52.4 Å². The minimum Gasteiger partial charge on any atom is -0.309 e. The fourth-order valence-corrected chi connectivity index (χ4v) is 3.53. The van der Waals surface area contributed by atoms with Gasteiger partial charge in [0.25, 0.3) is 0 Å². The van der Waals surface area contributed by atoms with Gasteiger partial charge >= 0.3 is 0 Å². The van der Waals surface area contributed by atoms with E-state index < -0.39 is 30.1 Å². The Morgan fingerprint density at radius 3 is 2.57 bits per heavy atom. The number of rotatable bonds is 4. The molecule has 6 nitrogen and oxygen atoms in total. The summed E-state index contributed by atoms with van der Waals surface area (Å²) in [6.45, 7) is 0. The second-order valence-corrected chi connectivity index (χ2v) is 6.97. The lowest BCUT2D eigenvalue weighted by Crippen LogP contribution is -2.28. The Morgan fingerprint density at radius 2 is 2.00 bits per heavy atom. The molecule has 1 aliphatic rings. The summed E-state index contributed by atoms with van der Waals surface area (Å²) in [6.07, 6.45) is 1.95. The van der Waals surface area contributed by atoms with Crippen molar-refractivity contribution in [1.29, 1.82) is 10.5 Å². The molecule has 1 fully saturated rings. The van der Waals surface area contributed by atoms with Crippen molar-refractivity contribution in [1.82, 2.24) is 9.97 Å². The first kappa shape index (κ1) is 19.7. The van der Waals surface area contributed by atoms with Crippen molar-refractivity contribution < 1.29 is 13.6 Å². The number of hydrogen-bond acceptors (Lipinski definition) is 5. The Bertz CT molecular complexity index is 981. The lowest BCUT2D eigenvalue weighted by Gasteiger charge is -2.23. The standard InChI is InChI=1S/C19H14ClF2N5O/c20-15-9-26-16(10-25-15)27-18(28)17(12-3-4-19(21,22)6-12)11-1-2-13(7-23)14(5-11)8-24/h1-2,5,9-10,12,17H,3-4,6H2,(H,26,27,28)/t12-,17+/m0/s1. The molecule has 1 aromatic heterocycles. The van der Waals surface area contributed by atoms with Crippen LogP contribution in [0.3, 0.4) is 0 Å². The van der Waals surface area contributed by atoms with Crippen molar-refractivity contribution >= 4 is 23.3 Å². The van der Waals surface area contributed by atoms with Gasteiger partial charge in [0, 0.05) is 12.8 Å². The van der Waals surface area contributed by atoms with E-state index in [4.69, 9.17) is 16.9 Å². The van der Waals surface area contributed by atoms with Gasteiger partial charge in [-0.1, -0.05) is 17.7 Å². The molecule has 2 atom stereocenters. The highest BCUT2D eigenvalue weighted by atomic mass is 35.5. The number of hydrogen-bond donors (Lipinski definition) is 1. The summed E-state index contributed by atoms with van der Waals surface area (Å²) in [7, 11) is 0. The summed E-state index contributed by atoms with van der Waals surface area (Å²) in [5.41, 5.74) is 0.650. The third kappa shape index (κ3) is 4.24. The van der Waals surface area contributed by atoms with E-state index in [0.29, 0.717) is 5.56 Å². The van der Waals surface area contributed by atoms with Gasteiger partial charge in [-0.2, -0.15) is 10.5 Å². The Balaban J connectivity index is 1.96. The molecule has 9 heteroatoms. The number of benzene rings is 1. The van der Waals surface area contributed by atoms with Gasteiger partial charge in [-0.3, -0.25) is 4.79 Å². The van der Waals surface area contributed by atoms with E-state index in [1.807, 2.05) is 12.1 Å². The number of anilines is 1. The quantitative estimate of drug-likeness (QED) is 0.833. The van der Waals surface area contributed by atoms with E-state index >= 15 is 0 Å². The van der Waals surface area contributed by atoms with Crippen molar-refractivity contribution in [2.45, 2.75) is 31.1 Å². The van der Waals surface area contributed by atoms with Crippen molar-refractivity contribution in [3.63, 3.8) is 0 Å². The minimum atomic E-state index is -2.84. The van der Waals surface area contributed by atoms with Crippen LogP contribution in [0.5, 0.6) is 0 Å². The van der Waals surface area contributed by atoms with Gasteiger partial charge in [-0.25, -0.2) is 18.7 Å². The number of carbonyl (C=O) groups is 1. The van der Waals surface area contributed by atoms with Gasteiger partial charge in [-0.05, 0) is 30.0 Å². The molecule has 0 spiro atoms. The van der Waals surface area contributed by atoms with Gasteiger partial charge in [-0.15, -0.1) is 0 Å². The molecule has 0 unspecified atom stereocenters. The highest BCUT2D eigenvalue weighted by Crippen LogP contribution is 2.46.